The molecule has 0 aliphatic rings. The molecule has 0 amide bonds. The van der Waals surface area contributed by atoms with Crippen LogP contribution >= 0.6 is 0 Å². The van der Waals surface area contributed by atoms with E-state index in [1.807, 2.05) is 0 Å². The summed E-state index contributed by atoms with van der Waals surface area (Å²) in [5.41, 5.74) is 9.67. The third-order valence-electron chi connectivity index (χ3n) is 3.01. The number of anilines is 1. The van der Waals surface area contributed by atoms with E-state index in [0.29, 0.717) is 0 Å². The second-order valence-corrected chi connectivity index (χ2v) is 3.90. The number of nitrogens with two attached hydrogens (primary N) is 1. The molecule has 0 spiro atoms. The van der Waals surface area contributed by atoms with Crippen LogP contribution < -0.4 is 5.73 Å². The van der Waals surface area contributed by atoms with Crippen LogP contribution in [0.5, 0.6) is 0 Å². The number of fused-ring (bicyclic) bond motifs is 1. The van der Waals surface area contributed by atoms with Crippen LogP contribution in [0.25, 0.3) is 10.8 Å². The zero-order valence-electron chi connectivity index (χ0n) is 9.38. The highest BCUT2D eigenvalue weighted by Gasteiger charge is 2.03. The molecular formula is C14H17N. The molecule has 0 aromatic heterocycles. The van der Waals surface area contributed by atoms with Crippen LogP contribution in [0.2, 0.25) is 0 Å². The predicted octanol–water partition coefficient (Wildman–Crippen LogP) is 3.55. The van der Waals surface area contributed by atoms with Gasteiger partial charge in [0.2, 0.25) is 0 Å². The van der Waals surface area contributed by atoms with Gasteiger partial charge < -0.3 is 5.73 Å². The van der Waals surface area contributed by atoms with Crippen LogP contribution in [0, 0.1) is 0 Å². The molecule has 0 aliphatic carbocycles. The summed E-state index contributed by atoms with van der Waals surface area (Å²) in [5.74, 6) is 0. The predicted molar refractivity (Wildman–Crippen MR) is 67.1 cm³/mol. The molecule has 0 bridgehead atoms. The second kappa shape index (κ2) is 3.93. The van der Waals surface area contributed by atoms with Gasteiger partial charge in [0.15, 0.2) is 0 Å². The highest BCUT2D eigenvalue weighted by Crippen LogP contribution is 2.26. The first kappa shape index (κ1) is 10.0. The summed E-state index contributed by atoms with van der Waals surface area (Å²) >= 11 is 0. The molecule has 0 radical (unpaired) electrons. The van der Waals surface area contributed by atoms with E-state index in [-0.39, 0.29) is 0 Å². The minimum absolute atomic E-state index is 0.942. The molecule has 15 heavy (non-hydrogen) atoms. The van der Waals surface area contributed by atoms with Crippen molar-refractivity contribution in [3.05, 3.63) is 41.5 Å². The Morgan fingerprint density at radius 2 is 1.80 bits per heavy atom. The van der Waals surface area contributed by atoms with Crippen LogP contribution in [-0.4, -0.2) is 0 Å². The molecule has 0 aliphatic heterocycles. The first-order chi connectivity index (χ1) is 7.26. The van der Waals surface area contributed by atoms with Crippen molar-refractivity contribution in [2.24, 2.45) is 0 Å². The molecule has 0 saturated heterocycles. The normalized spacial score (nSPS) is 10.8. The van der Waals surface area contributed by atoms with Crippen LogP contribution in [-0.2, 0) is 12.8 Å². The summed E-state index contributed by atoms with van der Waals surface area (Å²) < 4.78 is 0. The lowest BCUT2D eigenvalue weighted by molar-refractivity contribution is 1.14. The first-order valence-corrected chi connectivity index (χ1v) is 5.56. The topological polar surface area (TPSA) is 26.0 Å². The SMILES string of the molecule is CCc1ccc2c(N)c(CC)ccc2c1. The molecule has 0 heterocycles. The van der Waals surface area contributed by atoms with Gasteiger partial charge in [0.25, 0.3) is 0 Å². The molecule has 1 heteroatoms. The van der Waals surface area contributed by atoms with Gasteiger partial charge >= 0.3 is 0 Å². The molecule has 0 atom stereocenters. The van der Waals surface area contributed by atoms with Gasteiger partial charge in [0.05, 0.1) is 0 Å². The highest BCUT2D eigenvalue weighted by atomic mass is 14.6. The quantitative estimate of drug-likeness (QED) is 0.735. The Bertz CT molecular complexity index is 486. The maximum atomic E-state index is 6.12. The molecule has 1 nitrogen and oxygen atoms in total. The van der Waals surface area contributed by atoms with Crippen molar-refractivity contribution in [2.75, 3.05) is 5.73 Å². The third kappa shape index (κ3) is 1.70. The van der Waals surface area contributed by atoms with Crippen molar-refractivity contribution < 1.29 is 0 Å². The molecule has 78 valence electrons. The van der Waals surface area contributed by atoms with E-state index >= 15 is 0 Å². The fraction of sp³-hybridized carbons (Fsp3) is 0.286. The van der Waals surface area contributed by atoms with Crippen molar-refractivity contribution in [2.45, 2.75) is 26.7 Å². The molecule has 2 aromatic carbocycles. The number of hydrogen-bond acceptors (Lipinski definition) is 1. The Hall–Kier alpha value is -1.50. The van der Waals surface area contributed by atoms with E-state index in [9.17, 15) is 0 Å². The van der Waals surface area contributed by atoms with E-state index in [2.05, 4.69) is 44.2 Å². The van der Waals surface area contributed by atoms with Gasteiger partial charge in [-0.2, -0.15) is 0 Å². The third-order valence-corrected chi connectivity index (χ3v) is 3.01. The van der Waals surface area contributed by atoms with Gasteiger partial charge in [-0.3, -0.25) is 0 Å². The van der Waals surface area contributed by atoms with E-state index in [4.69, 9.17) is 5.73 Å². The van der Waals surface area contributed by atoms with Crippen molar-refractivity contribution >= 4 is 16.5 Å². The molecule has 2 N–H and O–H groups in total. The number of aryl methyl sites for hydroxylation is 2. The molecule has 0 fully saturated rings. The average Bonchev–Trinajstić information content (AvgIpc) is 2.29. The highest BCUT2D eigenvalue weighted by molar-refractivity contribution is 5.94. The van der Waals surface area contributed by atoms with Crippen molar-refractivity contribution in [3.63, 3.8) is 0 Å². The van der Waals surface area contributed by atoms with Crippen LogP contribution in [0.15, 0.2) is 30.3 Å². The molecular weight excluding hydrogens is 182 g/mol. The monoisotopic (exact) mass is 199 g/mol. The minimum Gasteiger partial charge on any atom is -0.398 e. The van der Waals surface area contributed by atoms with Crippen molar-refractivity contribution in [1.82, 2.24) is 0 Å². The Morgan fingerprint density at radius 3 is 2.47 bits per heavy atom. The van der Waals surface area contributed by atoms with Crippen molar-refractivity contribution in [1.29, 1.82) is 0 Å². The minimum atomic E-state index is 0.942. The number of nitrogen functional groups attached to an aromatic ring is 1. The molecule has 2 aromatic rings. The number of hydrogen-bond donors (Lipinski definition) is 1. The summed E-state index contributed by atoms with van der Waals surface area (Å²) in [6, 6.07) is 10.8. The van der Waals surface area contributed by atoms with Crippen molar-refractivity contribution in [3.8, 4) is 0 Å². The average molecular weight is 199 g/mol. The molecule has 0 saturated carbocycles. The first-order valence-electron chi connectivity index (χ1n) is 5.56. The van der Waals surface area contributed by atoms with E-state index < -0.39 is 0 Å². The molecule has 0 unspecified atom stereocenters. The summed E-state index contributed by atoms with van der Waals surface area (Å²) in [5, 5.41) is 2.44. The summed E-state index contributed by atoms with van der Waals surface area (Å²) in [6.45, 7) is 4.31. The van der Waals surface area contributed by atoms with Gasteiger partial charge in [-0.15, -0.1) is 0 Å². The molecule has 2 rings (SSSR count). The van der Waals surface area contributed by atoms with Gasteiger partial charge in [-0.05, 0) is 29.4 Å². The fourth-order valence-electron chi connectivity index (χ4n) is 1.98. The summed E-state index contributed by atoms with van der Waals surface area (Å²) in [4.78, 5) is 0. The largest absolute Gasteiger partial charge is 0.398 e. The zero-order valence-corrected chi connectivity index (χ0v) is 9.38. The van der Waals surface area contributed by atoms with Gasteiger partial charge in [-0.25, -0.2) is 0 Å². The Kier molecular flexibility index (Phi) is 2.63. The van der Waals surface area contributed by atoms with E-state index in [0.717, 1.165) is 18.5 Å². The lowest BCUT2D eigenvalue weighted by atomic mass is 10.00. The zero-order chi connectivity index (χ0) is 10.8. The maximum Gasteiger partial charge on any atom is 0.0426 e. The number of benzene rings is 2. The second-order valence-electron chi connectivity index (χ2n) is 3.90. The van der Waals surface area contributed by atoms with Gasteiger partial charge in [-0.1, -0.05) is 44.2 Å². The van der Waals surface area contributed by atoms with Crippen LogP contribution in [0.3, 0.4) is 0 Å². The van der Waals surface area contributed by atoms with E-state index in [1.165, 1.54) is 21.9 Å². The van der Waals surface area contributed by atoms with Gasteiger partial charge in [0.1, 0.15) is 0 Å². The lowest BCUT2D eigenvalue weighted by Crippen LogP contribution is -1.94. The Labute approximate surface area is 90.9 Å². The number of rotatable bonds is 2. The fourth-order valence-corrected chi connectivity index (χ4v) is 1.98. The summed E-state index contributed by atoms with van der Waals surface area (Å²) in [7, 11) is 0. The van der Waals surface area contributed by atoms with Gasteiger partial charge in [0, 0.05) is 11.1 Å². The Morgan fingerprint density at radius 1 is 1.00 bits per heavy atom. The van der Waals surface area contributed by atoms with Crippen LogP contribution in [0.4, 0.5) is 5.69 Å². The maximum absolute atomic E-state index is 6.12. The smallest absolute Gasteiger partial charge is 0.0426 e. The van der Waals surface area contributed by atoms with Crippen LogP contribution in [0.1, 0.15) is 25.0 Å². The van der Waals surface area contributed by atoms with E-state index in [1.54, 1.807) is 0 Å². The standard InChI is InChI=1S/C14H17N/c1-3-10-5-8-13-12(9-10)7-6-11(4-2)14(13)15/h5-9H,3-4,15H2,1-2H3. The lowest BCUT2D eigenvalue weighted by Gasteiger charge is -2.08. The Balaban J connectivity index is 2.68. The summed E-state index contributed by atoms with van der Waals surface area (Å²) in [6.07, 6.45) is 2.07.